The van der Waals surface area contributed by atoms with Crippen LogP contribution in [0.15, 0.2) is 60.7 Å². The zero-order chi connectivity index (χ0) is 15.9. The first-order chi connectivity index (χ1) is 11.3. The average Bonchev–Trinajstić information content (AvgIpc) is 3.02. The van der Waals surface area contributed by atoms with Crippen LogP contribution in [0.25, 0.3) is 0 Å². The van der Waals surface area contributed by atoms with Crippen LogP contribution in [0.2, 0.25) is 0 Å². The molecule has 0 saturated carbocycles. The number of cyclic esters (lactones) is 1. The van der Waals surface area contributed by atoms with Gasteiger partial charge in [-0.15, -0.1) is 0 Å². The van der Waals surface area contributed by atoms with E-state index in [9.17, 15) is 4.79 Å². The molecule has 0 aliphatic carbocycles. The third kappa shape index (κ3) is 4.42. The van der Waals surface area contributed by atoms with Crippen molar-refractivity contribution in [2.24, 2.45) is 0 Å². The smallest absolute Gasteiger partial charge is 0.306 e. The first-order valence-electron chi connectivity index (χ1n) is 8.33. The summed E-state index contributed by atoms with van der Waals surface area (Å²) in [5, 5.41) is 3.44. The fraction of sp³-hybridized carbons (Fsp3) is 0.350. The molecule has 1 saturated heterocycles. The predicted molar refractivity (Wildman–Crippen MR) is 91.3 cm³/mol. The number of nitrogens with one attached hydrogen (secondary N) is 1. The van der Waals surface area contributed by atoms with Gasteiger partial charge in [0.1, 0.15) is 6.10 Å². The van der Waals surface area contributed by atoms with Gasteiger partial charge in [-0.2, -0.15) is 0 Å². The van der Waals surface area contributed by atoms with Gasteiger partial charge in [-0.25, -0.2) is 0 Å². The van der Waals surface area contributed by atoms with E-state index in [4.69, 9.17) is 4.74 Å². The van der Waals surface area contributed by atoms with Crippen LogP contribution in [0.1, 0.15) is 36.3 Å². The molecular weight excluding hydrogens is 286 g/mol. The minimum Gasteiger partial charge on any atom is -0.461 e. The maximum absolute atomic E-state index is 11.1. The van der Waals surface area contributed by atoms with E-state index >= 15 is 0 Å². The highest BCUT2D eigenvalue weighted by Crippen LogP contribution is 2.27. The molecule has 1 heterocycles. The highest BCUT2D eigenvalue weighted by Gasteiger charge is 2.22. The van der Waals surface area contributed by atoms with E-state index in [0.717, 1.165) is 25.9 Å². The summed E-state index contributed by atoms with van der Waals surface area (Å²) < 4.78 is 5.24. The SMILES string of the molecule is O=C1CC[C@@H](CNCCC(c2ccccc2)c2ccccc2)O1. The van der Waals surface area contributed by atoms with E-state index < -0.39 is 0 Å². The Labute approximate surface area is 137 Å². The third-order valence-corrected chi connectivity index (χ3v) is 4.35. The highest BCUT2D eigenvalue weighted by atomic mass is 16.5. The molecule has 1 fully saturated rings. The van der Waals surface area contributed by atoms with Crippen molar-refractivity contribution in [3.8, 4) is 0 Å². The predicted octanol–water partition coefficient (Wildman–Crippen LogP) is 3.50. The molecule has 3 nitrogen and oxygen atoms in total. The lowest BCUT2D eigenvalue weighted by Crippen LogP contribution is -2.28. The summed E-state index contributed by atoms with van der Waals surface area (Å²) in [4.78, 5) is 11.1. The first-order valence-corrected chi connectivity index (χ1v) is 8.33. The lowest BCUT2D eigenvalue weighted by molar-refractivity contribution is -0.141. The number of rotatable bonds is 7. The first kappa shape index (κ1) is 15.8. The summed E-state index contributed by atoms with van der Waals surface area (Å²) in [6, 6.07) is 21.2. The number of hydrogen-bond acceptors (Lipinski definition) is 3. The van der Waals surface area contributed by atoms with Gasteiger partial charge in [-0.1, -0.05) is 60.7 Å². The van der Waals surface area contributed by atoms with Crippen LogP contribution in [0.3, 0.4) is 0 Å². The van der Waals surface area contributed by atoms with Gasteiger partial charge in [-0.3, -0.25) is 4.79 Å². The third-order valence-electron chi connectivity index (χ3n) is 4.35. The Bertz CT molecular complexity index is 573. The number of carbonyl (C=O) groups excluding carboxylic acids is 1. The topological polar surface area (TPSA) is 38.3 Å². The molecule has 1 N–H and O–H groups in total. The maximum Gasteiger partial charge on any atom is 0.306 e. The van der Waals surface area contributed by atoms with Crippen molar-refractivity contribution in [1.82, 2.24) is 5.32 Å². The molecule has 3 heteroatoms. The Morgan fingerprint density at radius 3 is 2.13 bits per heavy atom. The zero-order valence-electron chi connectivity index (χ0n) is 13.3. The Balaban J connectivity index is 1.57. The molecule has 23 heavy (non-hydrogen) atoms. The van der Waals surface area contributed by atoms with Crippen LogP contribution in [0.4, 0.5) is 0 Å². The fourth-order valence-corrected chi connectivity index (χ4v) is 3.13. The molecule has 0 radical (unpaired) electrons. The van der Waals surface area contributed by atoms with Crippen LogP contribution in [0, 0.1) is 0 Å². The van der Waals surface area contributed by atoms with Crippen molar-refractivity contribution in [2.75, 3.05) is 13.1 Å². The summed E-state index contributed by atoms with van der Waals surface area (Å²) in [6.07, 6.45) is 2.47. The summed E-state index contributed by atoms with van der Waals surface area (Å²) in [6.45, 7) is 1.66. The van der Waals surface area contributed by atoms with Crippen molar-refractivity contribution >= 4 is 5.97 Å². The normalized spacial score (nSPS) is 17.4. The second-order valence-corrected chi connectivity index (χ2v) is 6.02. The van der Waals surface area contributed by atoms with Gasteiger partial charge in [0.2, 0.25) is 0 Å². The number of carbonyl (C=O) groups is 1. The Morgan fingerprint density at radius 2 is 1.61 bits per heavy atom. The molecule has 1 aliphatic heterocycles. The molecule has 1 aliphatic rings. The van der Waals surface area contributed by atoms with Gasteiger partial charge < -0.3 is 10.1 Å². The second kappa shape index (κ2) is 7.93. The molecule has 2 aromatic carbocycles. The summed E-state index contributed by atoms with van der Waals surface area (Å²) >= 11 is 0. The van der Waals surface area contributed by atoms with Crippen molar-refractivity contribution in [2.45, 2.75) is 31.3 Å². The average molecular weight is 309 g/mol. The van der Waals surface area contributed by atoms with Gasteiger partial charge in [0, 0.05) is 18.9 Å². The lowest BCUT2D eigenvalue weighted by atomic mass is 9.88. The monoisotopic (exact) mass is 309 g/mol. The minimum absolute atomic E-state index is 0.0504. The largest absolute Gasteiger partial charge is 0.461 e. The second-order valence-electron chi connectivity index (χ2n) is 6.02. The Hall–Kier alpha value is -2.13. The van der Waals surface area contributed by atoms with Crippen molar-refractivity contribution in [1.29, 1.82) is 0 Å². The van der Waals surface area contributed by atoms with Crippen molar-refractivity contribution in [3.05, 3.63) is 71.8 Å². The quantitative estimate of drug-likeness (QED) is 0.628. The van der Waals surface area contributed by atoms with Gasteiger partial charge in [0.05, 0.1) is 0 Å². The zero-order valence-corrected chi connectivity index (χ0v) is 13.3. The number of hydrogen-bond donors (Lipinski definition) is 1. The van der Waals surface area contributed by atoms with Crippen LogP contribution >= 0.6 is 0 Å². The van der Waals surface area contributed by atoms with Crippen LogP contribution in [0.5, 0.6) is 0 Å². The van der Waals surface area contributed by atoms with Gasteiger partial charge in [-0.05, 0) is 30.5 Å². The summed E-state index contributed by atoms with van der Waals surface area (Å²) in [5.41, 5.74) is 2.68. The Kier molecular flexibility index (Phi) is 5.43. The number of benzene rings is 2. The van der Waals surface area contributed by atoms with E-state index in [1.807, 2.05) is 0 Å². The standard InChI is InChI=1S/C20H23NO2/c22-20-12-11-18(23-20)15-21-14-13-19(16-7-3-1-4-8-16)17-9-5-2-6-10-17/h1-10,18-19,21H,11-15H2/t18-/m0/s1. The molecule has 120 valence electrons. The van der Waals surface area contributed by atoms with Crippen LogP contribution in [-0.4, -0.2) is 25.2 Å². The minimum atomic E-state index is -0.0664. The number of esters is 1. The summed E-state index contributed by atoms with van der Waals surface area (Å²) in [5.74, 6) is 0.319. The maximum atomic E-state index is 11.1. The van der Waals surface area contributed by atoms with E-state index in [1.54, 1.807) is 0 Å². The molecule has 0 unspecified atom stereocenters. The van der Waals surface area contributed by atoms with Crippen molar-refractivity contribution < 1.29 is 9.53 Å². The molecule has 0 amide bonds. The van der Waals surface area contributed by atoms with Crippen molar-refractivity contribution in [3.63, 3.8) is 0 Å². The van der Waals surface area contributed by atoms with Gasteiger partial charge in [0.15, 0.2) is 0 Å². The molecule has 3 rings (SSSR count). The molecule has 1 atom stereocenters. The lowest BCUT2D eigenvalue weighted by Gasteiger charge is -2.19. The van der Waals surface area contributed by atoms with Crippen LogP contribution in [-0.2, 0) is 9.53 Å². The van der Waals surface area contributed by atoms with Crippen LogP contribution < -0.4 is 5.32 Å². The summed E-state index contributed by atoms with van der Waals surface area (Å²) in [7, 11) is 0. The van der Waals surface area contributed by atoms with E-state index in [1.165, 1.54) is 11.1 Å². The Morgan fingerprint density at radius 1 is 1.00 bits per heavy atom. The molecular formula is C20H23NO2. The fourth-order valence-electron chi connectivity index (χ4n) is 3.13. The van der Waals surface area contributed by atoms with Gasteiger partial charge >= 0.3 is 5.97 Å². The van der Waals surface area contributed by atoms with E-state index in [0.29, 0.717) is 12.3 Å². The molecule has 0 bridgehead atoms. The highest BCUT2D eigenvalue weighted by molar-refractivity contribution is 5.71. The van der Waals surface area contributed by atoms with E-state index in [-0.39, 0.29) is 12.1 Å². The molecule has 0 aromatic heterocycles. The van der Waals surface area contributed by atoms with E-state index in [2.05, 4.69) is 66.0 Å². The number of ether oxygens (including phenoxy) is 1. The van der Waals surface area contributed by atoms with Gasteiger partial charge in [0.25, 0.3) is 0 Å². The molecule has 2 aromatic rings. The molecule has 0 spiro atoms.